The molecule has 0 spiro atoms. The van der Waals surface area contributed by atoms with Crippen molar-refractivity contribution in [3.63, 3.8) is 0 Å². The Labute approximate surface area is 111 Å². The number of amides is 1. The van der Waals surface area contributed by atoms with Gasteiger partial charge in [-0.1, -0.05) is 19.8 Å². The van der Waals surface area contributed by atoms with Crippen LogP contribution in [0.15, 0.2) is 16.3 Å². The highest BCUT2D eigenvalue weighted by atomic mass is 32.2. The second kappa shape index (κ2) is 6.86. The maximum absolute atomic E-state index is 11.4. The van der Waals surface area contributed by atoms with E-state index in [0.717, 1.165) is 35.5 Å². The third-order valence-electron chi connectivity index (χ3n) is 2.38. The molecule has 0 radical (unpaired) electrons. The first-order valence-electron chi connectivity index (χ1n) is 5.81. The maximum Gasteiger partial charge on any atom is 0.247 e. The lowest BCUT2D eigenvalue weighted by molar-refractivity contribution is -0.121. The Morgan fingerprint density at radius 1 is 1.39 bits per heavy atom. The molecule has 102 valence electrons. The van der Waals surface area contributed by atoms with E-state index in [1.807, 2.05) is 0 Å². The molecule has 0 fully saturated rings. The van der Waals surface area contributed by atoms with Gasteiger partial charge in [-0.25, -0.2) is 13.6 Å². The fraction of sp³-hybridized carbons (Fsp3) is 0.545. The van der Waals surface area contributed by atoms with Gasteiger partial charge in [0.05, 0.1) is 6.54 Å². The van der Waals surface area contributed by atoms with Crippen molar-refractivity contribution in [1.29, 1.82) is 0 Å². The van der Waals surface area contributed by atoms with Gasteiger partial charge in [0.1, 0.15) is 4.21 Å². The molecule has 0 unspecified atom stereocenters. The summed E-state index contributed by atoms with van der Waals surface area (Å²) in [6.45, 7) is 2.43. The molecule has 5 nitrogen and oxygen atoms in total. The molecule has 1 aromatic heterocycles. The van der Waals surface area contributed by atoms with Gasteiger partial charge in [0, 0.05) is 11.3 Å². The number of thiophene rings is 1. The van der Waals surface area contributed by atoms with Gasteiger partial charge in [-0.3, -0.25) is 4.79 Å². The molecule has 0 aromatic carbocycles. The van der Waals surface area contributed by atoms with Crippen molar-refractivity contribution in [2.75, 3.05) is 0 Å². The Bertz CT molecular complexity index is 494. The van der Waals surface area contributed by atoms with Crippen molar-refractivity contribution in [3.8, 4) is 0 Å². The number of hydrogen-bond donors (Lipinski definition) is 2. The lowest BCUT2D eigenvalue weighted by atomic mass is 10.2. The Hall–Kier alpha value is -0.920. The first-order valence-corrected chi connectivity index (χ1v) is 8.18. The van der Waals surface area contributed by atoms with E-state index in [1.165, 1.54) is 6.07 Å². The highest BCUT2D eigenvalue weighted by Gasteiger charge is 2.11. The first kappa shape index (κ1) is 15.1. The predicted octanol–water partition coefficient (Wildman–Crippen LogP) is 1.59. The number of hydrogen-bond acceptors (Lipinski definition) is 4. The number of unbranched alkanes of at least 4 members (excludes halogenated alkanes) is 2. The number of rotatable bonds is 7. The average Bonchev–Trinajstić information content (AvgIpc) is 2.75. The molecule has 0 saturated carbocycles. The van der Waals surface area contributed by atoms with E-state index in [0.29, 0.717) is 13.0 Å². The van der Waals surface area contributed by atoms with E-state index in [9.17, 15) is 13.2 Å². The fourth-order valence-corrected chi connectivity index (χ4v) is 3.13. The van der Waals surface area contributed by atoms with Crippen LogP contribution in [-0.4, -0.2) is 14.3 Å². The fourth-order valence-electron chi connectivity index (χ4n) is 1.42. The zero-order chi connectivity index (χ0) is 13.6. The van der Waals surface area contributed by atoms with Gasteiger partial charge < -0.3 is 5.32 Å². The van der Waals surface area contributed by atoms with Gasteiger partial charge in [-0.2, -0.15) is 0 Å². The largest absolute Gasteiger partial charge is 0.351 e. The zero-order valence-electron chi connectivity index (χ0n) is 10.3. The molecular formula is C11H18N2O3S2. The Balaban J connectivity index is 2.40. The van der Waals surface area contributed by atoms with Crippen LogP contribution in [-0.2, 0) is 21.4 Å². The molecule has 1 heterocycles. The van der Waals surface area contributed by atoms with Crippen molar-refractivity contribution in [2.24, 2.45) is 5.14 Å². The lowest BCUT2D eigenvalue weighted by Gasteiger charge is -2.02. The smallest absolute Gasteiger partial charge is 0.247 e. The van der Waals surface area contributed by atoms with E-state index in [4.69, 9.17) is 5.14 Å². The van der Waals surface area contributed by atoms with Crippen LogP contribution in [0.4, 0.5) is 0 Å². The monoisotopic (exact) mass is 290 g/mol. The van der Waals surface area contributed by atoms with Gasteiger partial charge >= 0.3 is 0 Å². The van der Waals surface area contributed by atoms with Crippen LogP contribution in [0.2, 0.25) is 0 Å². The predicted molar refractivity (Wildman–Crippen MR) is 71.7 cm³/mol. The molecule has 1 aromatic rings. The van der Waals surface area contributed by atoms with Crippen LogP contribution in [0.25, 0.3) is 0 Å². The lowest BCUT2D eigenvalue weighted by Crippen LogP contribution is -2.21. The SMILES string of the molecule is CCCCCC(=O)NCc1ccc(S(N)(=O)=O)s1. The topological polar surface area (TPSA) is 89.3 Å². The second-order valence-corrected chi connectivity index (χ2v) is 6.96. The summed E-state index contributed by atoms with van der Waals surface area (Å²) in [5, 5.41) is 7.76. The van der Waals surface area contributed by atoms with Gasteiger partial charge in [-0.15, -0.1) is 11.3 Å². The number of carbonyl (C=O) groups excluding carboxylic acids is 1. The molecular weight excluding hydrogens is 272 g/mol. The van der Waals surface area contributed by atoms with Gasteiger partial charge in [0.2, 0.25) is 15.9 Å². The number of carbonyl (C=O) groups is 1. The third-order valence-corrected chi connectivity index (χ3v) is 4.91. The molecule has 1 rings (SSSR count). The van der Waals surface area contributed by atoms with Gasteiger partial charge in [0.25, 0.3) is 0 Å². The van der Waals surface area contributed by atoms with Crippen LogP contribution >= 0.6 is 11.3 Å². The molecule has 0 bridgehead atoms. The molecule has 0 aliphatic rings. The summed E-state index contributed by atoms with van der Waals surface area (Å²) in [4.78, 5) is 12.2. The van der Waals surface area contributed by atoms with Crippen LogP contribution in [0, 0.1) is 0 Å². The molecule has 0 saturated heterocycles. The van der Waals surface area contributed by atoms with E-state index < -0.39 is 10.0 Å². The first-order chi connectivity index (χ1) is 8.43. The van der Waals surface area contributed by atoms with Crippen LogP contribution in [0.5, 0.6) is 0 Å². The maximum atomic E-state index is 11.4. The van der Waals surface area contributed by atoms with Crippen LogP contribution in [0.1, 0.15) is 37.5 Å². The summed E-state index contributed by atoms with van der Waals surface area (Å²) in [6, 6.07) is 3.12. The summed E-state index contributed by atoms with van der Waals surface area (Å²) in [7, 11) is -3.63. The van der Waals surface area contributed by atoms with Crippen molar-refractivity contribution >= 4 is 27.3 Å². The highest BCUT2D eigenvalue weighted by molar-refractivity contribution is 7.91. The summed E-state index contributed by atoms with van der Waals surface area (Å²) in [5.41, 5.74) is 0. The summed E-state index contributed by atoms with van der Waals surface area (Å²) in [5.74, 6) is -0.00555. The van der Waals surface area contributed by atoms with Gasteiger partial charge in [0.15, 0.2) is 0 Å². The third kappa shape index (κ3) is 5.16. The van der Waals surface area contributed by atoms with Crippen molar-refractivity contribution in [3.05, 3.63) is 17.0 Å². The highest BCUT2D eigenvalue weighted by Crippen LogP contribution is 2.19. The van der Waals surface area contributed by atoms with E-state index in [2.05, 4.69) is 12.2 Å². The summed E-state index contributed by atoms with van der Waals surface area (Å²) < 4.78 is 22.2. The number of sulfonamides is 1. The van der Waals surface area contributed by atoms with Crippen LogP contribution in [0.3, 0.4) is 0 Å². The van der Waals surface area contributed by atoms with E-state index in [-0.39, 0.29) is 10.1 Å². The normalized spacial score (nSPS) is 11.4. The molecule has 1 amide bonds. The Morgan fingerprint density at radius 2 is 2.11 bits per heavy atom. The molecule has 18 heavy (non-hydrogen) atoms. The Morgan fingerprint density at radius 3 is 2.67 bits per heavy atom. The average molecular weight is 290 g/mol. The summed E-state index contributed by atoms with van der Waals surface area (Å²) in [6.07, 6.45) is 3.52. The number of primary sulfonamides is 1. The second-order valence-electron chi connectivity index (χ2n) is 4.00. The molecule has 0 aliphatic heterocycles. The molecule has 7 heteroatoms. The van der Waals surface area contributed by atoms with Crippen LogP contribution < -0.4 is 10.5 Å². The summed E-state index contributed by atoms with van der Waals surface area (Å²) >= 11 is 1.08. The quantitative estimate of drug-likeness (QED) is 0.747. The van der Waals surface area contributed by atoms with Crippen molar-refractivity contribution in [2.45, 2.75) is 43.4 Å². The zero-order valence-corrected chi connectivity index (χ0v) is 11.9. The van der Waals surface area contributed by atoms with Crippen molar-refractivity contribution in [1.82, 2.24) is 5.32 Å². The number of nitrogens with one attached hydrogen (secondary N) is 1. The minimum absolute atomic E-state index is 0.00555. The minimum atomic E-state index is -3.63. The standard InChI is InChI=1S/C11H18N2O3S2/c1-2-3-4-5-10(14)13-8-9-6-7-11(17-9)18(12,15)16/h6-7H,2-5,8H2,1H3,(H,13,14)(H2,12,15,16). The molecule has 0 aliphatic carbocycles. The minimum Gasteiger partial charge on any atom is -0.351 e. The molecule has 3 N–H and O–H groups in total. The Kier molecular flexibility index (Phi) is 5.77. The number of nitrogens with two attached hydrogens (primary N) is 1. The van der Waals surface area contributed by atoms with E-state index >= 15 is 0 Å². The van der Waals surface area contributed by atoms with Crippen molar-refractivity contribution < 1.29 is 13.2 Å². The van der Waals surface area contributed by atoms with Gasteiger partial charge in [-0.05, 0) is 18.6 Å². The molecule has 0 atom stereocenters. The van der Waals surface area contributed by atoms with E-state index in [1.54, 1.807) is 6.07 Å².